The van der Waals surface area contributed by atoms with Crippen molar-refractivity contribution in [2.24, 2.45) is 11.1 Å². The Labute approximate surface area is 92.7 Å². The SMILES string of the molecule is CCC(CN)S(=O)(=O)NCC1(C)CCC1. The summed E-state index contributed by atoms with van der Waals surface area (Å²) in [4.78, 5) is 0. The monoisotopic (exact) mass is 234 g/mol. The van der Waals surface area contributed by atoms with Crippen molar-refractivity contribution in [3.8, 4) is 0 Å². The Morgan fingerprint density at radius 2 is 2.07 bits per heavy atom. The smallest absolute Gasteiger partial charge is 0.215 e. The largest absolute Gasteiger partial charge is 0.329 e. The highest BCUT2D eigenvalue weighted by atomic mass is 32.2. The van der Waals surface area contributed by atoms with E-state index in [9.17, 15) is 8.42 Å². The molecule has 0 heterocycles. The first-order valence-electron chi connectivity index (χ1n) is 5.62. The molecule has 0 radical (unpaired) electrons. The highest BCUT2D eigenvalue weighted by molar-refractivity contribution is 7.90. The molecule has 1 atom stereocenters. The van der Waals surface area contributed by atoms with Gasteiger partial charge in [-0.1, -0.05) is 20.3 Å². The second kappa shape index (κ2) is 4.80. The second-order valence-corrected chi connectivity index (χ2v) is 6.84. The number of rotatable bonds is 6. The van der Waals surface area contributed by atoms with Crippen LogP contribution in [0.1, 0.15) is 39.5 Å². The van der Waals surface area contributed by atoms with Gasteiger partial charge in [0.1, 0.15) is 0 Å². The van der Waals surface area contributed by atoms with Crippen molar-refractivity contribution in [1.29, 1.82) is 0 Å². The summed E-state index contributed by atoms with van der Waals surface area (Å²) in [6, 6.07) is 0. The van der Waals surface area contributed by atoms with Crippen LogP contribution in [0.4, 0.5) is 0 Å². The Morgan fingerprint density at radius 1 is 1.47 bits per heavy atom. The van der Waals surface area contributed by atoms with Gasteiger partial charge in [0.15, 0.2) is 0 Å². The number of hydrogen-bond donors (Lipinski definition) is 2. The molecule has 0 aliphatic heterocycles. The van der Waals surface area contributed by atoms with Gasteiger partial charge in [-0.15, -0.1) is 0 Å². The van der Waals surface area contributed by atoms with Gasteiger partial charge in [0.05, 0.1) is 5.25 Å². The zero-order valence-electron chi connectivity index (χ0n) is 9.62. The maximum Gasteiger partial charge on any atom is 0.215 e. The van der Waals surface area contributed by atoms with Crippen LogP contribution in [0.3, 0.4) is 0 Å². The summed E-state index contributed by atoms with van der Waals surface area (Å²) in [7, 11) is -3.21. The minimum absolute atomic E-state index is 0.181. The van der Waals surface area contributed by atoms with Crippen LogP contribution >= 0.6 is 0 Å². The average molecular weight is 234 g/mol. The Hall–Kier alpha value is -0.130. The van der Waals surface area contributed by atoms with Gasteiger partial charge in [0.25, 0.3) is 0 Å². The maximum atomic E-state index is 11.8. The van der Waals surface area contributed by atoms with E-state index in [0.29, 0.717) is 13.0 Å². The molecule has 3 N–H and O–H groups in total. The van der Waals surface area contributed by atoms with E-state index in [4.69, 9.17) is 5.73 Å². The molecule has 0 amide bonds. The number of nitrogens with two attached hydrogens (primary N) is 1. The summed E-state index contributed by atoms with van der Waals surface area (Å²) in [5, 5.41) is -0.443. The van der Waals surface area contributed by atoms with Crippen LogP contribution in [-0.4, -0.2) is 26.8 Å². The van der Waals surface area contributed by atoms with Crippen LogP contribution in [0.15, 0.2) is 0 Å². The van der Waals surface area contributed by atoms with E-state index < -0.39 is 15.3 Å². The average Bonchev–Trinajstić information content (AvgIpc) is 2.13. The molecule has 0 bridgehead atoms. The number of hydrogen-bond acceptors (Lipinski definition) is 3. The van der Waals surface area contributed by atoms with Crippen LogP contribution in [0, 0.1) is 5.41 Å². The molecule has 4 nitrogen and oxygen atoms in total. The highest BCUT2D eigenvalue weighted by Gasteiger charge is 2.33. The summed E-state index contributed by atoms with van der Waals surface area (Å²) in [5.41, 5.74) is 5.62. The third kappa shape index (κ3) is 3.16. The molecular weight excluding hydrogens is 212 g/mol. The van der Waals surface area contributed by atoms with Gasteiger partial charge in [-0.2, -0.15) is 0 Å². The lowest BCUT2D eigenvalue weighted by Crippen LogP contribution is -2.45. The summed E-state index contributed by atoms with van der Waals surface area (Å²) < 4.78 is 26.3. The van der Waals surface area contributed by atoms with Gasteiger partial charge >= 0.3 is 0 Å². The van der Waals surface area contributed by atoms with Crippen molar-refractivity contribution in [1.82, 2.24) is 4.72 Å². The fourth-order valence-electron chi connectivity index (χ4n) is 1.86. The van der Waals surface area contributed by atoms with Crippen molar-refractivity contribution in [3.05, 3.63) is 0 Å². The van der Waals surface area contributed by atoms with Crippen molar-refractivity contribution in [2.75, 3.05) is 13.1 Å². The zero-order chi connectivity index (χ0) is 11.5. The molecule has 1 unspecified atom stereocenters. The van der Waals surface area contributed by atoms with Gasteiger partial charge < -0.3 is 5.73 Å². The predicted molar refractivity (Wildman–Crippen MR) is 62.0 cm³/mol. The lowest BCUT2D eigenvalue weighted by Gasteiger charge is -2.38. The van der Waals surface area contributed by atoms with Crippen molar-refractivity contribution < 1.29 is 8.42 Å². The molecule has 1 saturated carbocycles. The molecule has 0 aromatic heterocycles. The Bertz CT molecular complexity index is 293. The first kappa shape index (κ1) is 12.9. The molecule has 0 aromatic rings. The standard InChI is InChI=1S/C10H22N2O2S/c1-3-9(7-11)15(13,14)12-8-10(2)5-4-6-10/h9,12H,3-8,11H2,1-2H3. The third-order valence-corrected chi connectivity index (χ3v) is 5.37. The van der Waals surface area contributed by atoms with Gasteiger partial charge in [0.2, 0.25) is 10.0 Å². The Balaban J connectivity index is 2.48. The van der Waals surface area contributed by atoms with E-state index in [1.807, 2.05) is 6.92 Å². The normalized spacial score (nSPS) is 22.1. The molecular formula is C10H22N2O2S. The Morgan fingerprint density at radius 3 is 2.40 bits per heavy atom. The molecule has 15 heavy (non-hydrogen) atoms. The minimum Gasteiger partial charge on any atom is -0.329 e. The third-order valence-electron chi connectivity index (χ3n) is 3.42. The van der Waals surface area contributed by atoms with E-state index in [1.165, 1.54) is 6.42 Å². The quantitative estimate of drug-likeness (QED) is 0.715. The molecule has 90 valence electrons. The van der Waals surface area contributed by atoms with Crippen molar-refractivity contribution >= 4 is 10.0 Å². The summed E-state index contributed by atoms with van der Waals surface area (Å²) in [5.74, 6) is 0. The van der Waals surface area contributed by atoms with E-state index in [-0.39, 0.29) is 12.0 Å². The van der Waals surface area contributed by atoms with Crippen LogP contribution < -0.4 is 10.5 Å². The molecule has 1 fully saturated rings. The molecule has 0 aromatic carbocycles. The highest BCUT2D eigenvalue weighted by Crippen LogP contribution is 2.39. The lowest BCUT2D eigenvalue weighted by molar-refractivity contribution is 0.166. The van der Waals surface area contributed by atoms with Crippen molar-refractivity contribution in [3.63, 3.8) is 0 Å². The fraction of sp³-hybridized carbons (Fsp3) is 1.00. The molecule has 0 spiro atoms. The van der Waals surface area contributed by atoms with Crippen LogP contribution in [0.5, 0.6) is 0 Å². The van der Waals surface area contributed by atoms with E-state index in [2.05, 4.69) is 11.6 Å². The summed E-state index contributed by atoms with van der Waals surface area (Å²) in [6.07, 6.45) is 4.03. The molecule has 0 saturated heterocycles. The van der Waals surface area contributed by atoms with Crippen LogP contribution in [0.25, 0.3) is 0 Å². The van der Waals surface area contributed by atoms with Gasteiger partial charge in [-0.25, -0.2) is 13.1 Å². The second-order valence-electron chi connectivity index (χ2n) is 4.80. The topological polar surface area (TPSA) is 72.2 Å². The van der Waals surface area contributed by atoms with E-state index in [0.717, 1.165) is 12.8 Å². The number of nitrogens with one attached hydrogen (secondary N) is 1. The fourth-order valence-corrected chi connectivity index (χ4v) is 3.34. The predicted octanol–water partition coefficient (Wildman–Crippen LogP) is 0.833. The first-order chi connectivity index (χ1) is 6.93. The molecule has 1 aliphatic rings. The molecule has 1 aliphatic carbocycles. The van der Waals surface area contributed by atoms with Crippen LogP contribution in [-0.2, 0) is 10.0 Å². The van der Waals surface area contributed by atoms with Crippen LogP contribution in [0.2, 0.25) is 0 Å². The summed E-state index contributed by atoms with van der Waals surface area (Å²) >= 11 is 0. The minimum atomic E-state index is -3.21. The summed E-state index contributed by atoms with van der Waals surface area (Å²) in [6.45, 7) is 4.73. The van der Waals surface area contributed by atoms with Gasteiger partial charge in [-0.3, -0.25) is 0 Å². The van der Waals surface area contributed by atoms with E-state index >= 15 is 0 Å². The van der Waals surface area contributed by atoms with Gasteiger partial charge in [0, 0.05) is 13.1 Å². The maximum absolute atomic E-state index is 11.8. The first-order valence-corrected chi connectivity index (χ1v) is 7.17. The lowest BCUT2D eigenvalue weighted by atomic mass is 9.71. The zero-order valence-corrected chi connectivity index (χ0v) is 10.4. The number of sulfonamides is 1. The van der Waals surface area contributed by atoms with Gasteiger partial charge in [-0.05, 0) is 24.7 Å². The van der Waals surface area contributed by atoms with E-state index in [1.54, 1.807) is 0 Å². The van der Waals surface area contributed by atoms with Crippen molar-refractivity contribution in [2.45, 2.75) is 44.8 Å². The molecule has 1 rings (SSSR count). The Kier molecular flexibility index (Phi) is 4.14. The molecule has 5 heteroatoms.